The number of aromatic amines is 1. The van der Waals surface area contributed by atoms with Gasteiger partial charge in [-0.25, -0.2) is 9.50 Å². The van der Waals surface area contributed by atoms with Gasteiger partial charge in [0, 0.05) is 23.7 Å². The Hall–Kier alpha value is -2.11. The first kappa shape index (κ1) is 13.5. The second kappa shape index (κ2) is 4.21. The highest BCUT2D eigenvalue weighted by Crippen LogP contribution is 2.32. The molecule has 6 nitrogen and oxygen atoms in total. The largest absolute Gasteiger partial charge is 0.332 e. The molecule has 0 saturated heterocycles. The summed E-state index contributed by atoms with van der Waals surface area (Å²) in [7, 11) is 0. The Labute approximate surface area is 128 Å². The molecule has 1 N–H and O–H groups in total. The minimum Gasteiger partial charge on any atom is -0.332 e. The van der Waals surface area contributed by atoms with Crippen LogP contribution in [0.5, 0.6) is 0 Å². The van der Waals surface area contributed by atoms with E-state index in [4.69, 9.17) is 0 Å². The second-order valence-corrected chi connectivity index (χ2v) is 7.49. The topological polar surface area (TPSA) is 70.5 Å². The van der Waals surface area contributed by atoms with E-state index in [0.29, 0.717) is 29.4 Å². The number of amides is 1. The summed E-state index contributed by atoms with van der Waals surface area (Å²) in [5, 5.41) is 3.13. The summed E-state index contributed by atoms with van der Waals surface area (Å²) >= 11 is 0. The minimum absolute atomic E-state index is 0.0972. The van der Waals surface area contributed by atoms with Gasteiger partial charge in [0.05, 0.1) is 12.1 Å². The van der Waals surface area contributed by atoms with Crippen LogP contribution in [0.3, 0.4) is 0 Å². The van der Waals surface area contributed by atoms with E-state index in [-0.39, 0.29) is 16.9 Å². The summed E-state index contributed by atoms with van der Waals surface area (Å²) in [5.74, 6) is 0.512. The molecule has 4 rings (SSSR count). The van der Waals surface area contributed by atoms with Gasteiger partial charge in [-0.05, 0) is 18.8 Å². The number of nitrogens with one attached hydrogen (secondary N) is 1. The number of carbonyl (C=O) groups is 1. The highest BCUT2D eigenvalue weighted by Gasteiger charge is 2.36. The van der Waals surface area contributed by atoms with Gasteiger partial charge < -0.3 is 4.90 Å². The number of nitrogens with zero attached hydrogens (tertiary/aromatic N) is 3. The molecule has 0 atom stereocenters. The average molecular weight is 300 g/mol. The summed E-state index contributed by atoms with van der Waals surface area (Å²) in [4.78, 5) is 31.3. The SMILES string of the molecule is CC(C)(C)c1cc2nc3c(c(=O)n2[nH]1)CN(CC1CC1)C3=O. The number of carbonyl (C=O) groups excluding carboxylic acids is 1. The summed E-state index contributed by atoms with van der Waals surface area (Å²) in [6.07, 6.45) is 2.37. The molecule has 6 heteroatoms. The van der Waals surface area contributed by atoms with E-state index >= 15 is 0 Å². The van der Waals surface area contributed by atoms with E-state index in [0.717, 1.165) is 12.2 Å². The van der Waals surface area contributed by atoms with Gasteiger partial charge >= 0.3 is 0 Å². The fourth-order valence-electron chi connectivity index (χ4n) is 2.93. The third-order valence-electron chi connectivity index (χ3n) is 4.53. The van der Waals surface area contributed by atoms with Crippen LogP contribution in [0.1, 0.15) is 55.4 Å². The van der Waals surface area contributed by atoms with Gasteiger partial charge in [-0.1, -0.05) is 20.8 Å². The van der Waals surface area contributed by atoms with Crippen LogP contribution in [0.4, 0.5) is 0 Å². The summed E-state index contributed by atoms with van der Waals surface area (Å²) in [6.45, 7) is 7.35. The molecule has 0 unspecified atom stereocenters. The molecule has 0 spiro atoms. The standard InChI is InChI=1S/C16H20N4O2/c1-16(2,3)11-6-12-17-13-10(14(21)20(12)18-11)8-19(15(13)22)7-9-4-5-9/h6,9,18H,4-5,7-8H2,1-3H3. The fraction of sp³-hybridized carbons (Fsp3) is 0.562. The van der Waals surface area contributed by atoms with Crippen molar-refractivity contribution in [1.82, 2.24) is 19.5 Å². The molecular formula is C16H20N4O2. The van der Waals surface area contributed by atoms with Crippen molar-refractivity contribution < 1.29 is 4.79 Å². The van der Waals surface area contributed by atoms with Gasteiger partial charge in [0.15, 0.2) is 5.65 Å². The van der Waals surface area contributed by atoms with Crippen molar-refractivity contribution in [2.24, 2.45) is 5.92 Å². The first-order valence-electron chi connectivity index (χ1n) is 7.79. The van der Waals surface area contributed by atoms with E-state index in [1.807, 2.05) is 6.07 Å². The van der Waals surface area contributed by atoms with Gasteiger partial charge in [0.1, 0.15) is 5.69 Å². The van der Waals surface area contributed by atoms with Crippen LogP contribution in [0.25, 0.3) is 5.65 Å². The van der Waals surface area contributed by atoms with Crippen molar-refractivity contribution >= 4 is 11.6 Å². The van der Waals surface area contributed by atoms with Crippen molar-refractivity contribution in [1.29, 1.82) is 0 Å². The third-order valence-corrected chi connectivity index (χ3v) is 4.53. The van der Waals surface area contributed by atoms with E-state index in [9.17, 15) is 9.59 Å². The first-order valence-corrected chi connectivity index (χ1v) is 7.79. The zero-order valence-corrected chi connectivity index (χ0v) is 13.1. The van der Waals surface area contributed by atoms with Crippen molar-refractivity contribution in [3.05, 3.63) is 33.4 Å². The van der Waals surface area contributed by atoms with Gasteiger partial charge in [-0.3, -0.25) is 14.7 Å². The Morgan fingerprint density at radius 1 is 1.32 bits per heavy atom. The van der Waals surface area contributed by atoms with E-state index in [2.05, 4.69) is 30.9 Å². The second-order valence-electron chi connectivity index (χ2n) is 7.49. The Morgan fingerprint density at radius 3 is 2.68 bits per heavy atom. The van der Waals surface area contributed by atoms with Gasteiger partial charge in [-0.2, -0.15) is 0 Å². The van der Waals surface area contributed by atoms with Crippen molar-refractivity contribution in [2.75, 3.05) is 6.54 Å². The number of rotatable bonds is 2. The Bertz CT molecular complexity index is 836. The normalized spacial score (nSPS) is 18.3. The number of hydrogen-bond acceptors (Lipinski definition) is 3. The molecule has 0 bridgehead atoms. The molecule has 0 aromatic carbocycles. The predicted octanol–water partition coefficient (Wildman–Crippen LogP) is 1.69. The Balaban J connectivity index is 1.81. The molecule has 22 heavy (non-hydrogen) atoms. The van der Waals surface area contributed by atoms with Gasteiger partial charge in [-0.15, -0.1) is 0 Å². The highest BCUT2D eigenvalue weighted by molar-refractivity contribution is 5.96. The van der Waals surface area contributed by atoms with Crippen LogP contribution in [0.15, 0.2) is 10.9 Å². The molecule has 2 aliphatic rings. The lowest BCUT2D eigenvalue weighted by molar-refractivity contribution is 0.0767. The monoisotopic (exact) mass is 300 g/mol. The number of fused-ring (bicyclic) bond motifs is 2. The van der Waals surface area contributed by atoms with Gasteiger partial charge in [0.2, 0.25) is 0 Å². The molecular weight excluding hydrogens is 280 g/mol. The summed E-state index contributed by atoms with van der Waals surface area (Å²) < 4.78 is 1.47. The zero-order chi connectivity index (χ0) is 15.6. The van der Waals surface area contributed by atoms with Crippen molar-refractivity contribution in [3.63, 3.8) is 0 Å². The number of H-pyrrole nitrogens is 1. The lowest BCUT2D eigenvalue weighted by atomic mass is 9.93. The van der Waals surface area contributed by atoms with Crippen LogP contribution < -0.4 is 5.56 Å². The van der Waals surface area contributed by atoms with E-state index in [1.54, 1.807) is 4.90 Å². The highest BCUT2D eigenvalue weighted by atomic mass is 16.2. The van der Waals surface area contributed by atoms with Crippen LogP contribution in [-0.2, 0) is 12.0 Å². The molecule has 2 aromatic heterocycles. The lowest BCUT2D eigenvalue weighted by Gasteiger charge is -2.15. The maximum absolute atomic E-state index is 12.7. The molecule has 1 aliphatic heterocycles. The number of hydrogen-bond donors (Lipinski definition) is 1. The first-order chi connectivity index (χ1) is 10.3. The van der Waals surface area contributed by atoms with Crippen molar-refractivity contribution in [2.45, 2.75) is 45.6 Å². The van der Waals surface area contributed by atoms with Crippen LogP contribution in [0, 0.1) is 5.92 Å². The number of aromatic nitrogens is 3. The lowest BCUT2D eigenvalue weighted by Crippen LogP contribution is -2.26. The van der Waals surface area contributed by atoms with E-state index < -0.39 is 0 Å². The average Bonchev–Trinajstić information content (AvgIpc) is 3.04. The molecule has 1 fully saturated rings. The quantitative estimate of drug-likeness (QED) is 0.917. The van der Waals surface area contributed by atoms with Crippen LogP contribution in [-0.4, -0.2) is 31.9 Å². The Kier molecular flexibility index (Phi) is 2.59. The van der Waals surface area contributed by atoms with Gasteiger partial charge in [0.25, 0.3) is 11.5 Å². The smallest absolute Gasteiger partial charge is 0.278 e. The summed E-state index contributed by atoms with van der Waals surface area (Å²) in [5.41, 5.74) is 2.06. The maximum atomic E-state index is 12.7. The van der Waals surface area contributed by atoms with Crippen molar-refractivity contribution in [3.8, 4) is 0 Å². The minimum atomic E-state index is -0.151. The molecule has 1 saturated carbocycles. The third kappa shape index (κ3) is 1.97. The molecule has 116 valence electrons. The predicted molar refractivity (Wildman–Crippen MR) is 82.0 cm³/mol. The zero-order valence-electron chi connectivity index (χ0n) is 13.1. The van der Waals surface area contributed by atoms with Crippen LogP contribution >= 0.6 is 0 Å². The molecule has 1 aliphatic carbocycles. The molecule has 1 amide bonds. The Morgan fingerprint density at radius 2 is 2.05 bits per heavy atom. The maximum Gasteiger partial charge on any atom is 0.278 e. The van der Waals surface area contributed by atoms with Crippen LogP contribution in [0.2, 0.25) is 0 Å². The molecule has 2 aromatic rings. The molecule has 3 heterocycles. The van der Waals surface area contributed by atoms with E-state index in [1.165, 1.54) is 17.4 Å². The molecule has 0 radical (unpaired) electrons. The summed E-state index contributed by atoms with van der Waals surface area (Å²) in [6, 6.07) is 1.86. The fourth-order valence-corrected chi connectivity index (χ4v) is 2.93.